The molecule has 0 bridgehead atoms. The molecule has 0 saturated carbocycles. The van der Waals surface area contributed by atoms with E-state index >= 15 is 0 Å². The summed E-state index contributed by atoms with van der Waals surface area (Å²) >= 11 is 9.15. The van der Waals surface area contributed by atoms with E-state index in [1.54, 1.807) is 6.07 Å². The van der Waals surface area contributed by atoms with E-state index in [-0.39, 0.29) is 6.61 Å². The zero-order valence-electron chi connectivity index (χ0n) is 5.85. The second kappa shape index (κ2) is 4.10. The number of alkyl halides is 1. The topological polar surface area (TPSA) is 20.2 Å². The number of aliphatic hydroxyl groups excluding tert-OH is 1. The number of benzene rings is 1. The molecular formula is C8H8BrClO. The van der Waals surface area contributed by atoms with Gasteiger partial charge in [-0.2, -0.15) is 0 Å². The summed E-state index contributed by atoms with van der Waals surface area (Å²) in [7, 11) is 0. The normalized spacial score (nSPS) is 10.1. The molecule has 0 aliphatic heterocycles. The van der Waals surface area contributed by atoms with Gasteiger partial charge in [0.2, 0.25) is 0 Å². The Morgan fingerprint density at radius 2 is 2.18 bits per heavy atom. The fraction of sp³-hybridized carbons (Fsp3) is 0.250. The van der Waals surface area contributed by atoms with E-state index in [4.69, 9.17) is 16.7 Å². The molecule has 60 valence electrons. The van der Waals surface area contributed by atoms with Crippen molar-refractivity contribution >= 4 is 27.5 Å². The van der Waals surface area contributed by atoms with Crippen molar-refractivity contribution < 1.29 is 5.11 Å². The quantitative estimate of drug-likeness (QED) is 0.782. The second-order valence-corrected chi connectivity index (χ2v) is 3.19. The molecule has 11 heavy (non-hydrogen) atoms. The van der Waals surface area contributed by atoms with Crippen LogP contribution < -0.4 is 0 Å². The molecule has 0 heterocycles. The highest BCUT2D eigenvalue weighted by molar-refractivity contribution is 9.08. The van der Waals surface area contributed by atoms with Gasteiger partial charge in [0.15, 0.2) is 0 Å². The monoisotopic (exact) mass is 234 g/mol. The van der Waals surface area contributed by atoms with E-state index in [1.165, 1.54) is 0 Å². The van der Waals surface area contributed by atoms with Crippen LogP contribution in [-0.2, 0) is 11.9 Å². The maximum absolute atomic E-state index is 8.79. The lowest BCUT2D eigenvalue weighted by atomic mass is 10.1. The molecule has 0 spiro atoms. The minimum absolute atomic E-state index is 0.0666. The first-order chi connectivity index (χ1) is 5.27. The third-order valence-corrected chi connectivity index (χ3v) is 2.41. The van der Waals surface area contributed by atoms with Gasteiger partial charge in [-0.25, -0.2) is 0 Å². The minimum Gasteiger partial charge on any atom is -0.392 e. The summed E-state index contributed by atoms with van der Waals surface area (Å²) in [6.45, 7) is 0.0666. The lowest BCUT2D eigenvalue weighted by molar-refractivity contribution is 0.282. The summed E-state index contributed by atoms with van der Waals surface area (Å²) in [5.74, 6) is 0. The highest BCUT2D eigenvalue weighted by Gasteiger charge is 1.98. The molecule has 1 aromatic rings. The van der Waals surface area contributed by atoms with E-state index in [2.05, 4.69) is 15.9 Å². The highest BCUT2D eigenvalue weighted by Crippen LogP contribution is 2.19. The lowest BCUT2D eigenvalue weighted by Crippen LogP contribution is -1.86. The van der Waals surface area contributed by atoms with Crippen molar-refractivity contribution in [3.63, 3.8) is 0 Å². The van der Waals surface area contributed by atoms with Gasteiger partial charge in [-0.1, -0.05) is 39.7 Å². The van der Waals surface area contributed by atoms with Crippen molar-refractivity contribution in [3.05, 3.63) is 34.3 Å². The number of halogens is 2. The molecule has 0 aromatic heterocycles. The van der Waals surface area contributed by atoms with Crippen LogP contribution in [0.5, 0.6) is 0 Å². The molecule has 0 fully saturated rings. The van der Waals surface area contributed by atoms with Gasteiger partial charge in [-0.05, 0) is 17.2 Å². The Hall–Kier alpha value is -0.0500. The predicted octanol–water partition coefficient (Wildman–Crippen LogP) is 2.73. The Bertz CT molecular complexity index is 250. The molecule has 0 aliphatic carbocycles. The fourth-order valence-corrected chi connectivity index (χ4v) is 1.64. The maximum Gasteiger partial charge on any atom is 0.0681 e. The van der Waals surface area contributed by atoms with Crippen LogP contribution in [0.25, 0.3) is 0 Å². The van der Waals surface area contributed by atoms with Crippen LogP contribution in [-0.4, -0.2) is 5.11 Å². The van der Waals surface area contributed by atoms with Crippen molar-refractivity contribution in [3.8, 4) is 0 Å². The largest absolute Gasteiger partial charge is 0.392 e. The van der Waals surface area contributed by atoms with E-state index in [9.17, 15) is 0 Å². The molecule has 1 nitrogen and oxygen atoms in total. The lowest BCUT2D eigenvalue weighted by Gasteiger charge is -2.01. The Balaban J connectivity index is 3.02. The first kappa shape index (κ1) is 9.04. The second-order valence-electron chi connectivity index (χ2n) is 2.22. The molecule has 0 radical (unpaired) electrons. The summed E-state index contributed by atoms with van der Waals surface area (Å²) in [6.07, 6.45) is 0. The maximum atomic E-state index is 8.79. The average Bonchev–Trinajstić information content (AvgIpc) is 2.05. The summed E-state index contributed by atoms with van der Waals surface area (Å²) in [4.78, 5) is 0. The van der Waals surface area contributed by atoms with Crippen LogP contribution >= 0.6 is 27.5 Å². The zero-order valence-corrected chi connectivity index (χ0v) is 8.19. The summed E-state index contributed by atoms with van der Waals surface area (Å²) < 4.78 is 0. The molecular weight excluding hydrogens is 227 g/mol. The van der Waals surface area contributed by atoms with Crippen molar-refractivity contribution in [2.75, 3.05) is 0 Å². The molecule has 0 aliphatic rings. The van der Waals surface area contributed by atoms with Crippen LogP contribution in [0.4, 0.5) is 0 Å². The van der Waals surface area contributed by atoms with E-state index in [0.29, 0.717) is 0 Å². The van der Waals surface area contributed by atoms with E-state index < -0.39 is 0 Å². The van der Waals surface area contributed by atoms with Crippen molar-refractivity contribution in [2.45, 2.75) is 11.9 Å². The third-order valence-electron chi connectivity index (χ3n) is 1.44. The standard InChI is InChI=1S/C8H8BrClO/c9-4-7-3-6(5-11)1-2-8(7)10/h1-3,11H,4-5H2. The summed E-state index contributed by atoms with van der Waals surface area (Å²) in [6, 6.07) is 5.50. The van der Waals surface area contributed by atoms with Crippen LogP contribution in [0.2, 0.25) is 5.02 Å². The van der Waals surface area contributed by atoms with Crippen LogP contribution in [0.3, 0.4) is 0 Å². The van der Waals surface area contributed by atoms with Crippen LogP contribution in [0.15, 0.2) is 18.2 Å². The average molecular weight is 236 g/mol. The first-order valence-corrected chi connectivity index (χ1v) is 4.72. The minimum atomic E-state index is 0.0666. The van der Waals surface area contributed by atoms with E-state index in [0.717, 1.165) is 21.5 Å². The van der Waals surface area contributed by atoms with Crippen molar-refractivity contribution in [1.29, 1.82) is 0 Å². The molecule has 0 unspecified atom stereocenters. The number of hydrogen-bond donors (Lipinski definition) is 1. The van der Waals surface area contributed by atoms with Crippen LogP contribution in [0.1, 0.15) is 11.1 Å². The summed E-state index contributed by atoms with van der Waals surface area (Å²) in [5, 5.41) is 10.2. The number of hydrogen-bond acceptors (Lipinski definition) is 1. The molecule has 0 atom stereocenters. The molecule has 3 heteroatoms. The van der Waals surface area contributed by atoms with Gasteiger partial charge in [0.25, 0.3) is 0 Å². The third kappa shape index (κ3) is 2.19. The molecule has 1 rings (SSSR count). The van der Waals surface area contributed by atoms with Crippen LogP contribution in [0, 0.1) is 0 Å². The van der Waals surface area contributed by atoms with Gasteiger partial charge in [0.05, 0.1) is 6.61 Å². The zero-order chi connectivity index (χ0) is 8.27. The Morgan fingerprint density at radius 3 is 2.73 bits per heavy atom. The number of aliphatic hydroxyl groups is 1. The Labute approximate surface area is 79.1 Å². The van der Waals surface area contributed by atoms with E-state index in [1.807, 2.05) is 12.1 Å². The van der Waals surface area contributed by atoms with Crippen molar-refractivity contribution in [1.82, 2.24) is 0 Å². The predicted molar refractivity (Wildman–Crippen MR) is 50.0 cm³/mol. The Morgan fingerprint density at radius 1 is 1.45 bits per heavy atom. The van der Waals surface area contributed by atoms with Crippen molar-refractivity contribution in [2.24, 2.45) is 0 Å². The number of rotatable bonds is 2. The van der Waals surface area contributed by atoms with Gasteiger partial charge >= 0.3 is 0 Å². The van der Waals surface area contributed by atoms with Gasteiger partial charge in [-0.3, -0.25) is 0 Å². The van der Waals surface area contributed by atoms with Gasteiger partial charge in [0, 0.05) is 10.4 Å². The fourth-order valence-electron chi connectivity index (χ4n) is 0.829. The first-order valence-electron chi connectivity index (χ1n) is 3.22. The highest BCUT2D eigenvalue weighted by atomic mass is 79.9. The SMILES string of the molecule is OCc1ccc(Cl)c(CBr)c1. The van der Waals surface area contributed by atoms with Gasteiger partial charge in [0.1, 0.15) is 0 Å². The smallest absolute Gasteiger partial charge is 0.0681 e. The molecule has 0 saturated heterocycles. The van der Waals surface area contributed by atoms with Gasteiger partial charge < -0.3 is 5.11 Å². The Kier molecular flexibility index (Phi) is 3.37. The molecule has 1 aromatic carbocycles. The van der Waals surface area contributed by atoms with Gasteiger partial charge in [-0.15, -0.1) is 0 Å². The molecule has 0 amide bonds. The molecule has 1 N–H and O–H groups in total. The summed E-state index contributed by atoms with van der Waals surface area (Å²) in [5.41, 5.74) is 1.90.